The van der Waals surface area contributed by atoms with E-state index in [1.807, 2.05) is 12.3 Å². The van der Waals surface area contributed by atoms with Crippen LogP contribution in [0, 0.1) is 0 Å². The number of thioether (sulfide) groups is 1. The molecule has 0 saturated carbocycles. The molecule has 0 aliphatic carbocycles. The largest absolute Gasteiger partial charge is 0.348 e. The average Bonchev–Trinajstić information content (AvgIpc) is 2.41. The van der Waals surface area contributed by atoms with Crippen LogP contribution < -0.4 is 5.32 Å². The third kappa shape index (κ3) is 3.44. The fourth-order valence-corrected chi connectivity index (χ4v) is 1.77. The summed E-state index contributed by atoms with van der Waals surface area (Å²) in [5, 5.41) is 20.1. The highest BCUT2D eigenvalue weighted by Gasteiger charge is 2.02. The van der Waals surface area contributed by atoms with Crippen molar-refractivity contribution in [1.82, 2.24) is 20.4 Å². The van der Waals surface area contributed by atoms with E-state index in [0.29, 0.717) is 27.7 Å². The predicted molar refractivity (Wildman–Crippen MR) is 73.2 cm³/mol. The minimum atomic E-state index is 0.374. The Hall–Kier alpha value is -1.11. The van der Waals surface area contributed by atoms with Crippen LogP contribution in [0.3, 0.4) is 0 Å². The van der Waals surface area contributed by atoms with Gasteiger partial charge in [0.25, 0.3) is 5.95 Å². The van der Waals surface area contributed by atoms with Gasteiger partial charge in [0.15, 0.2) is 0 Å². The van der Waals surface area contributed by atoms with Crippen molar-refractivity contribution in [3.63, 3.8) is 0 Å². The molecule has 0 amide bonds. The molecule has 8 heteroatoms. The maximum absolute atomic E-state index is 5.92. The molecule has 0 fully saturated rings. The first-order valence-corrected chi connectivity index (χ1v) is 6.96. The molecular weight excluding hydrogens is 293 g/mol. The second-order valence-corrected chi connectivity index (χ2v) is 4.90. The Morgan fingerprint density at radius 2 is 1.83 bits per heavy atom. The van der Waals surface area contributed by atoms with Gasteiger partial charge in [-0.1, -0.05) is 41.0 Å². The molecule has 0 atom stereocenters. The van der Waals surface area contributed by atoms with Crippen molar-refractivity contribution < 1.29 is 0 Å². The molecule has 1 aromatic carbocycles. The van der Waals surface area contributed by atoms with Crippen molar-refractivity contribution in [3.8, 4) is 0 Å². The van der Waals surface area contributed by atoms with Gasteiger partial charge in [0.05, 0.1) is 10.0 Å². The molecule has 1 aromatic heterocycles. The molecule has 2 rings (SSSR count). The maximum Gasteiger partial charge on any atom is 0.262 e. The van der Waals surface area contributed by atoms with E-state index in [9.17, 15) is 0 Å². The molecule has 1 N–H and O–H groups in total. The van der Waals surface area contributed by atoms with Crippen molar-refractivity contribution >= 4 is 40.9 Å². The van der Waals surface area contributed by atoms with Gasteiger partial charge in [0, 0.05) is 6.54 Å². The first-order valence-electron chi connectivity index (χ1n) is 4.98. The molecule has 18 heavy (non-hydrogen) atoms. The summed E-state index contributed by atoms with van der Waals surface area (Å²) in [6, 6.07) is 5.40. The fraction of sp³-hybridized carbons (Fsp3) is 0.200. The highest BCUT2D eigenvalue weighted by atomic mass is 35.5. The number of nitrogens with zero attached hydrogens (tertiary/aromatic N) is 4. The van der Waals surface area contributed by atoms with Crippen LogP contribution in [0.4, 0.5) is 5.95 Å². The third-order valence-electron chi connectivity index (χ3n) is 2.08. The van der Waals surface area contributed by atoms with Crippen molar-refractivity contribution in [2.24, 2.45) is 0 Å². The number of benzene rings is 1. The van der Waals surface area contributed by atoms with E-state index in [0.717, 1.165) is 5.56 Å². The zero-order chi connectivity index (χ0) is 13.0. The molecule has 0 unspecified atom stereocenters. The van der Waals surface area contributed by atoms with Crippen LogP contribution in [0.15, 0.2) is 23.4 Å². The Kier molecular flexibility index (Phi) is 4.57. The van der Waals surface area contributed by atoms with Crippen molar-refractivity contribution in [2.45, 2.75) is 11.7 Å². The van der Waals surface area contributed by atoms with Gasteiger partial charge in [0.2, 0.25) is 5.16 Å². The molecule has 2 aromatic rings. The zero-order valence-electron chi connectivity index (χ0n) is 9.39. The Bertz CT molecular complexity index is 534. The Labute approximate surface area is 118 Å². The summed E-state index contributed by atoms with van der Waals surface area (Å²) in [4.78, 5) is 0. The van der Waals surface area contributed by atoms with Crippen molar-refractivity contribution in [2.75, 3.05) is 11.6 Å². The Morgan fingerprint density at radius 1 is 1.11 bits per heavy atom. The van der Waals surface area contributed by atoms with Crippen LogP contribution in [0.25, 0.3) is 0 Å². The highest BCUT2D eigenvalue weighted by Crippen LogP contribution is 2.22. The topological polar surface area (TPSA) is 63.6 Å². The van der Waals surface area contributed by atoms with E-state index in [4.69, 9.17) is 23.2 Å². The normalized spacial score (nSPS) is 10.4. The average molecular weight is 302 g/mol. The Morgan fingerprint density at radius 3 is 2.44 bits per heavy atom. The second-order valence-electron chi connectivity index (χ2n) is 3.31. The minimum absolute atomic E-state index is 0.374. The minimum Gasteiger partial charge on any atom is -0.348 e. The van der Waals surface area contributed by atoms with E-state index in [2.05, 4.69) is 25.7 Å². The van der Waals surface area contributed by atoms with E-state index < -0.39 is 0 Å². The fourth-order valence-electron chi connectivity index (χ4n) is 1.20. The number of halogens is 2. The maximum atomic E-state index is 5.92. The molecule has 0 radical (unpaired) electrons. The lowest BCUT2D eigenvalue weighted by Gasteiger charge is -2.04. The van der Waals surface area contributed by atoms with Gasteiger partial charge >= 0.3 is 0 Å². The SMILES string of the molecule is CSc1nnc(NCc2ccc(Cl)c(Cl)c2)nn1. The lowest BCUT2D eigenvalue weighted by molar-refractivity contribution is 0.748. The lowest BCUT2D eigenvalue weighted by atomic mass is 10.2. The summed E-state index contributed by atoms with van der Waals surface area (Å²) < 4.78 is 0. The van der Waals surface area contributed by atoms with Crippen LogP contribution in [0.2, 0.25) is 10.0 Å². The van der Waals surface area contributed by atoms with E-state index >= 15 is 0 Å². The number of hydrogen-bond donors (Lipinski definition) is 1. The van der Waals surface area contributed by atoms with Crippen LogP contribution >= 0.6 is 35.0 Å². The summed E-state index contributed by atoms with van der Waals surface area (Å²) in [6.07, 6.45) is 1.86. The van der Waals surface area contributed by atoms with Crippen LogP contribution in [-0.4, -0.2) is 26.7 Å². The van der Waals surface area contributed by atoms with E-state index in [1.54, 1.807) is 12.1 Å². The van der Waals surface area contributed by atoms with Gasteiger partial charge in [0.1, 0.15) is 0 Å². The standard InChI is InChI=1S/C10H9Cl2N5S/c1-18-10-16-14-9(15-17-10)13-5-6-2-3-7(11)8(12)4-6/h2-4H,5H2,1H3,(H,13,14,15). The van der Waals surface area contributed by atoms with Gasteiger partial charge in [-0.2, -0.15) is 0 Å². The van der Waals surface area contributed by atoms with Crippen molar-refractivity contribution in [1.29, 1.82) is 0 Å². The van der Waals surface area contributed by atoms with E-state index in [-0.39, 0.29) is 0 Å². The second kappa shape index (κ2) is 6.17. The summed E-state index contributed by atoms with van der Waals surface area (Å²) >= 11 is 13.1. The summed E-state index contributed by atoms with van der Waals surface area (Å²) in [7, 11) is 0. The molecule has 5 nitrogen and oxygen atoms in total. The first-order chi connectivity index (χ1) is 8.69. The molecule has 0 saturated heterocycles. The van der Waals surface area contributed by atoms with Crippen LogP contribution in [-0.2, 0) is 6.54 Å². The Balaban J connectivity index is 1.99. The summed E-state index contributed by atoms with van der Waals surface area (Å²) in [6.45, 7) is 0.527. The molecule has 0 bridgehead atoms. The van der Waals surface area contributed by atoms with Gasteiger partial charge in [-0.3, -0.25) is 0 Å². The molecule has 0 aliphatic heterocycles. The van der Waals surface area contributed by atoms with Crippen LogP contribution in [0.1, 0.15) is 5.56 Å². The van der Waals surface area contributed by atoms with Crippen LogP contribution in [0.5, 0.6) is 0 Å². The van der Waals surface area contributed by atoms with E-state index in [1.165, 1.54) is 11.8 Å². The number of hydrogen-bond acceptors (Lipinski definition) is 6. The smallest absolute Gasteiger partial charge is 0.262 e. The zero-order valence-corrected chi connectivity index (χ0v) is 11.7. The number of anilines is 1. The lowest BCUT2D eigenvalue weighted by Crippen LogP contribution is -2.06. The predicted octanol–water partition coefficient (Wildman–Crippen LogP) is 2.91. The number of nitrogens with one attached hydrogen (secondary N) is 1. The van der Waals surface area contributed by atoms with Gasteiger partial charge in [-0.25, -0.2) is 0 Å². The van der Waals surface area contributed by atoms with Crippen molar-refractivity contribution in [3.05, 3.63) is 33.8 Å². The first kappa shape index (κ1) is 13.3. The summed E-state index contributed by atoms with van der Waals surface area (Å²) in [5.74, 6) is 0.374. The molecular formula is C10H9Cl2N5S. The van der Waals surface area contributed by atoms with Gasteiger partial charge in [-0.15, -0.1) is 20.4 Å². The molecule has 94 valence electrons. The third-order valence-corrected chi connectivity index (χ3v) is 3.35. The van der Waals surface area contributed by atoms with Gasteiger partial charge in [-0.05, 0) is 24.0 Å². The molecule has 1 heterocycles. The van der Waals surface area contributed by atoms with Gasteiger partial charge < -0.3 is 5.32 Å². The quantitative estimate of drug-likeness (QED) is 0.876. The monoisotopic (exact) mass is 301 g/mol. The molecule has 0 spiro atoms. The highest BCUT2D eigenvalue weighted by molar-refractivity contribution is 7.98. The molecule has 0 aliphatic rings. The summed E-state index contributed by atoms with van der Waals surface area (Å²) in [5.41, 5.74) is 0.974. The number of aromatic nitrogens is 4. The number of rotatable bonds is 4.